The summed E-state index contributed by atoms with van der Waals surface area (Å²) >= 11 is 0. The number of anilines is 1. The number of hydrogen-bond acceptors (Lipinski definition) is 5. The van der Waals surface area contributed by atoms with E-state index in [0.717, 1.165) is 42.7 Å². The van der Waals surface area contributed by atoms with Crippen molar-refractivity contribution in [1.29, 1.82) is 0 Å². The van der Waals surface area contributed by atoms with E-state index in [4.69, 9.17) is 4.42 Å². The molecule has 0 radical (unpaired) electrons. The van der Waals surface area contributed by atoms with E-state index in [0.29, 0.717) is 5.76 Å². The number of carbonyl (C=O) groups is 1. The Bertz CT molecular complexity index is 791. The molecule has 3 rings (SSSR count). The van der Waals surface area contributed by atoms with Gasteiger partial charge in [-0.05, 0) is 44.4 Å². The van der Waals surface area contributed by atoms with Crippen LogP contribution in [0.15, 0.2) is 34.9 Å². The minimum absolute atomic E-state index is 0.103. The van der Waals surface area contributed by atoms with Crippen molar-refractivity contribution in [1.82, 2.24) is 5.32 Å². The summed E-state index contributed by atoms with van der Waals surface area (Å²) in [7, 11) is 0. The van der Waals surface area contributed by atoms with Crippen molar-refractivity contribution in [3.63, 3.8) is 0 Å². The molecule has 1 amide bonds. The number of aryl methyl sites for hydroxylation is 2. The van der Waals surface area contributed by atoms with E-state index in [9.17, 15) is 14.9 Å². The van der Waals surface area contributed by atoms with E-state index in [-0.39, 0.29) is 22.6 Å². The van der Waals surface area contributed by atoms with Crippen LogP contribution in [-0.2, 0) is 0 Å². The van der Waals surface area contributed by atoms with E-state index < -0.39 is 0 Å². The van der Waals surface area contributed by atoms with Crippen LogP contribution >= 0.6 is 0 Å². The molecule has 0 atom stereocenters. The second kappa shape index (κ2) is 6.96. The van der Waals surface area contributed by atoms with Crippen LogP contribution in [0.4, 0.5) is 11.4 Å². The van der Waals surface area contributed by atoms with E-state index in [1.54, 1.807) is 18.2 Å². The molecule has 1 saturated heterocycles. The third-order valence-electron chi connectivity index (χ3n) is 4.63. The highest BCUT2D eigenvalue weighted by molar-refractivity contribution is 5.93. The van der Waals surface area contributed by atoms with E-state index in [1.165, 1.54) is 12.3 Å². The third kappa shape index (κ3) is 3.65. The van der Waals surface area contributed by atoms with Crippen molar-refractivity contribution in [2.75, 3.05) is 18.0 Å². The van der Waals surface area contributed by atoms with Crippen LogP contribution in [-0.4, -0.2) is 30.0 Å². The Labute approximate surface area is 145 Å². The zero-order valence-electron chi connectivity index (χ0n) is 14.3. The van der Waals surface area contributed by atoms with Gasteiger partial charge in [-0.1, -0.05) is 0 Å². The number of hydrogen-bond donors (Lipinski definition) is 1. The Morgan fingerprint density at radius 1 is 1.24 bits per heavy atom. The predicted octanol–water partition coefficient (Wildman–Crippen LogP) is 3.20. The van der Waals surface area contributed by atoms with Crippen molar-refractivity contribution in [3.05, 3.63) is 57.5 Å². The summed E-state index contributed by atoms with van der Waals surface area (Å²) in [4.78, 5) is 24.9. The lowest BCUT2D eigenvalue weighted by Gasteiger charge is -2.34. The molecule has 0 spiro atoms. The number of benzene rings is 1. The molecule has 7 nitrogen and oxygen atoms in total. The highest BCUT2D eigenvalue weighted by atomic mass is 16.6. The first-order valence-electron chi connectivity index (χ1n) is 8.30. The van der Waals surface area contributed by atoms with Gasteiger partial charge in [0.2, 0.25) is 0 Å². The molecule has 1 N–H and O–H groups in total. The molecule has 7 heteroatoms. The monoisotopic (exact) mass is 343 g/mol. The molecule has 0 bridgehead atoms. The van der Waals surface area contributed by atoms with Gasteiger partial charge in [0, 0.05) is 42.5 Å². The average molecular weight is 343 g/mol. The van der Waals surface area contributed by atoms with Crippen LogP contribution in [0.1, 0.15) is 34.5 Å². The van der Waals surface area contributed by atoms with Gasteiger partial charge in [0.1, 0.15) is 0 Å². The average Bonchev–Trinajstić information content (AvgIpc) is 3.02. The first-order valence-corrected chi connectivity index (χ1v) is 8.30. The molecular weight excluding hydrogens is 322 g/mol. The first kappa shape index (κ1) is 17.0. The number of piperidine rings is 1. The molecule has 1 aromatic heterocycles. The number of nitrogens with zero attached hydrogens (tertiary/aromatic N) is 2. The lowest BCUT2D eigenvalue weighted by Crippen LogP contribution is -2.45. The maximum absolute atomic E-state index is 12.2. The van der Waals surface area contributed by atoms with Crippen LogP contribution in [0.25, 0.3) is 0 Å². The maximum atomic E-state index is 12.2. The number of amides is 1. The molecule has 1 fully saturated rings. The number of non-ortho nitro benzene ring substituents is 1. The SMILES string of the molecule is Cc1cc([N+](=O)[O-])ccc1N1CCC(NC(=O)c2occc2C)CC1. The van der Waals surface area contributed by atoms with Gasteiger partial charge in [0.05, 0.1) is 11.2 Å². The second-order valence-electron chi connectivity index (χ2n) is 6.40. The summed E-state index contributed by atoms with van der Waals surface area (Å²) in [5, 5.41) is 13.9. The van der Waals surface area contributed by atoms with Gasteiger partial charge >= 0.3 is 0 Å². The van der Waals surface area contributed by atoms with E-state index in [1.807, 2.05) is 13.8 Å². The van der Waals surface area contributed by atoms with Crippen molar-refractivity contribution in [2.45, 2.75) is 32.7 Å². The lowest BCUT2D eigenvalue weighted by atomic mass is 10.0. The van der Waals surface area contributed by atoms with Gasteiger partial charge in [-0.2, -0.15) is 0 Å². The fourth-order valence-corrected chi connectivity index (χ4v) is 3.23. The number of nitro benzene ring substituents is 1. The van der Waals surface area contributed by atoms with Gasteiger partial charge in [-0.25, -0.2) is 0 Å². The fourth-order valence-electron chi connectivity index (χ4n) is 3.23. The van der Waals surface area contributed by atoms with Gasteiger partial charge in [-0.3, -0.25) is 14.9 Å². The Morgan fingerprint density at radius 2 is 1.96 bits per heavy atom. The van der Waals surface area contributed by atoms with Crippen molar-refractivity contribution in [2.24, 2.45) is 0 Å². The second-order valence-corrected chi connectivity index (χ2v) is 6.40. The standard InChI is InChI=1S/C18H21N3O4/c1-12-7-10-25-17(12)18(22)19-14-5-8-20(9-6-14)16-4-3-15(21(23)24)11-13(16)2/h3-4,7,10-11,14H,5-6,8-9H2,1-2H3,(H,19,22). The third-order valence-corrected chi connectivity index (χ3v) is 4.63. The summed E-state index contributed by atoms with van der Waals surface area (Å²) in [5.74, 6) is 0.195. The summed E-state index contributed by atoms with van der Waals surface area (Å²) in [5.41, 5.74) is 2.84. The zero-order valence-corrected chi connectivity index (χ0v) is 14.3. The first-order chi connectivity index (χ1) is 12.0. The van der Waals surface area contributed by atoms with Gasteiger partial charge in [0.15, 0.2) is 5.76 Å². The molecule has 1 aromatic carbocycles. The minimum Gasteiger partial charge on any atom is -0.459 e. The topological polar surface area (TPSA) is 88.6 Å². The van der Waals surface area contributed by atoms with Crippen LogP contribution in [0, 0.1) is 24.0 Å². The largest absolute Gasteiger partial charge is 0.459 e. The molecule has 0 aliphatic carbocycles. The van der Waals surface area contributed by atoms with Crippen LogP contribution in [0.3, 0.4) is 0 Å². The Kier molecular flexibility index (Phi) is 4.74. The Morgan fingerprint density at radius 3 is 2.52 bits per heavy atom. The molecule has 1 aliphatic heterocycles. The predicted molar refractivity (Wildman–Crippen MR) is 94.0 cm³/mol. The Hall–Kier alpha value is -2.83. The van der Waals surface area contributed by atoms with Gasteiger partial charge < -0.3 is 14.6 Å². The van der Waals surface area contributed by atoms with Crippen molar-refractivity contribution < 1.29 is 14.1 Å². The molecule has 132 valence electrons. The van der Waals surface area contributed by atoms with Gasteiger partial charge in [0.25, 0.3) is 11.6 Å². The Balaban J connectivity index is 1.59. The lowest BCUT2D eigenvalue weighted by molar-refractivity contribution is -0.384. The molecule has 1 aliphatic rings. The number of nitrogens with one attached hydrogen (secondary N) is 1. The normalized spacial score (nSPS) is 15.2. The number of furan rings is 1. The van der Waals surface area contributed by atoms with E-state index in [2.05, 4.69) is 10.2 Å². The van der Waals surface area contributed by atoms with E-state index >= 15 is 0 Å². The summed E-state index contributed by atoms with van der Waals surface area (Å²) < 4.78 is 5.23. The molecule has 2 aromatic rings. The minimum atomic E-state index is -0.380. The highest BCUT2D eigenvalue weighted by Gasteiger charge is 2.24. The van der Waals surface area contributed by atoms with Crippen LogP contribution < -0.4 is 10.2 Å². The summed E-state index contributed by atoms with van der Waals surface area (Å²) in [6.07, 6.45) is 3.16. The van der Waals surface area contributed by atoms with Crippen LogP contribution in [0.2, 0.25) is 0 Å². The summed E-state index contributed by atoms with van der Waals surface area (Å²) in [6.45, 7) is 5.32. The number of carbonyl (C=O) groups excluding carboxylic acids is 1. The van der Waals surface area contributed by atoms with Crippen molar-refractivity contribution >= 4 is 17.3 Å². The molecule has 2 heterocycles. The number of rotatable bonds is 4. The molecule has 25 heavy (non-hydrogen) atoms. The van der Waals surface area contributed by atoms with Crippen molar-refractivity contribution in [3.8, 4) is 0 Å². The zero-order chi connectivity index (χ0) is 18.0. The van der Waals surface area contributed by atoms with Crippen LogP contribution in [0.5, 0.6) is 0 Å². The molecule has 0 unspecified atom stereocenters. The fraction of sp³-hybridized carbons (Fsp3) is 0.389. The van der Waals surface area contributed by atoms with Gasteiger partial charge in [-0.15, -0.1) is 0 Å². The highest BCUT2D eigenvalue weighted by Crippen LogP contribution is 2.27. The number of nitro groups is 1. The quantitative estimate of drug-likeness (QED) is 0.680. The summed E-state index contributed by atoms with van der Waals surface area (Å²) in [6, 6.07) is 6.82. The molecular formula is C18H21N3O4. The smallest absolute Gasteiger partial charge is 0.287 e. The molecule has 0 saturated carbocycles. The maximum Gasteiger partial charge on any atom is 0.287 e.